The first-order valence-corrected chi connectivity index (χ1v) is 10.5. The number of benzene rings is 2. The van der Waals surface area contributed by atoms with Crippen LogP contribution in [0, 0.1) is 0 Å². The molecule has 1 aliphatic rings. The average Bonchev–Trinajstić information content (AvgIpc) is 2.90. The number of carbonyl (C=O) groups excluding carboxylic acids is 2. The molecule has 1 heterocycles. The van der Waals surface area contributed by atoms with E-state index in [9.17, 15) is 9.59 Å². The molecule has 0 bridgehead atoms. The van der Waals surface area contributed by atoms with E-state index in [0.717, 1.165) is 5.75 Å². The topological polar surface area (TPSA) is 71.0 Å². The molecule has 0 spiro atoms. The first-order chi connectivity index (χ1) is 13.9. The highest BCUT2D eigenvalue weighted by Crippen LogP contribution is 2.32. The lowest BCUT2D eigenvalue weighted by atomic mass is 10.2. The minimum absolute atomic E-state index is 0.0381. The number of amides is 2. The number of ether oxygens (including phenoxy) is 1. The van der Waals surface area contributed by atoms with Crippen LogP contribution >= 0.6 is 35.0 Å². The van der Waals surface area contributed by atoms with Gasteiger partial charge in [0.15, 0.2) is 5.17 Å². The summed E-state index contributed by atoms with van der Waals surface area (Å²) in [5, 5.41) is 3.66. The van der Waals surface area contributed by atoms with Crippen molar-refractivity contribution in [3.05, 3.63) is 52.5 Å². The van der Waals surface area contributed by atoms with Crippen LogP contribution in [-0.4, -0.2) is 40.8 Å². The summed E-state index contributed by atoms with van der Waals surface area (Å²) in [5.74, 6) is 0.305. The van der Waals surface area contributed by atoms with E-state index in [4.69, 9.17) is 27.9 Å². The number of halogens is 2. The van der Waals surface area contributed by atoms with Gasteiger partial charge in [0.25, 0.3) is 0 Å². The Morgan fingerprint density at radius 2 is 1.86 bits per heavy atom. The minimum atomic E-state index is -0.545. The standard InChI is InChI=1S/C20H19Cl2N3O3S/c1-3-28-16-6-4-14(5-7-16)23-18(26)11-17-19(27)25(2)20(29-17)24-15-9-12(21)8-13(22)10-15/h4-10,17H,3,11H2,1-2H3,(H,23,26)/t17-/m0/s1. The highest BCUT2D eigenvalue weighted by Gasteiger charge is 2.37. The molecule has 152 valence electrons. The van der Waals surface area contributed by atoms with Gasteiger partial charge in [-0.05, 0) is 49.4 Å². The van der Waals surface area contributed by atoms with Gasteiger partial charge in [-0.25, -0.2) is 4.99 Å². The maximum Gasteiger partial charge on any atom is 0.242 e. The summed E-state index contributed by atoms with van der Waals surface area (Å²) in [6.45, 7) is 2.48. The Balaban J connectivity index is 1.64. The minimum Gasteiger partial charge on any atom is -0.494 e. The third-order valence-electron chi connectivity index (χ3n) is 4.03. The van der Waals surface area contributed by atoms with Crippen LogP contribution in [0.5, 0.6) is 5.75 Å². The number of hydrogen-bond acceptors (Lipinski definition) is 5. The molecule has 2 aromatic carbocycles. The van der Waals surface area contributed by atoms with E-state index in [1.807, 2.05) is 6.92 Å². The highest BCUT2D eigenvalue weighted by atomic mass is 35.5. The number of rotatable bonds is 6. The molecule has 1 atom stereocenters. The molecule has 2 amide bonds. The number of nitrogens with one attached hydrogen (secondary N) is 1. The van der Waals surface area contributed by atoms with Crippen LogP contribution < -0.4 is 10.1 Å². The molecule has 0 aliphatic carbocycles. The highest BCUT2D eigenvalue weighted by molar-refractivity contribution is 8.15. The molecule has 0 saturated carbocycles. The van der Waals surface area contributed by atoms with E-state index < -0.39 is 5.25 Å². The first kappa shape index (κ1) is 21.5. The molecule has 0 unspecified atom stereocenters. The molecule has 1 aliphatic heterocycles. The number of aliphatic imine (C=N–C) groups is 1. The summed E-state index contributed by atoms with van der Waals surface area (Å²) in [5.41, 5.74) is 1.19. The van der Waals surface area contributed by atoms with Crippen molar-refractivity contribution in [1.29, 1.82) is 0 Å². The summed E-state index contributed by atoms with van der Waals surface area (Å²) < 4.78 is 5.38. The molecule has 3 rings (SSSR count). The van der Waals surface area contributed by atoms with Gasteiger partial charge < -0.3 is 10.1 Å². The molecule has 0 radical (unpaired) electrons. The van der Waals surface area contributed by atoms with Crippen molar-refractivity contribution < 1.29 is 14.3 Å². The summed E-state index contributed by atoms with van der Waals surface area (Å²) >= 11 is 13.2. The van der Waals surface area contributed by atoms with Gasteiger partial charge in [-0.1, -0.05) is 35.0 Å². The van der Waals surface area contributed by atoms with Gasteiger partial charge >= 0.3 is 0 Å². The molecular formula is C20H19Cl2N3O3S. The van der Waals surface area contributed by atoms with Crippen LogP contribution in [-0.2, 0) is 9.59 Å². The van der Waals surface area contributed by atoms with Crippen molar-refractivity contribution in [2.45, 2.75) is 18.6 Å². The molecule has 0 aromatic heterocycles. The second-order valence-corrected chi connectivity index (χ2v) is 8.28. The Bertz CT molecular complexity index is 930. The van der Waals surface area contributed by atoms with Crippen LogP contribution in [0.3, 0.4) is 0 Å². The van der Waals surface area contributed by atoms with Crippen LogP contribution in [0.1, 0.15) is 13.3 Å². The fourth-order valence-electron chi connectivity index (χ4n) is 2.69. The largest absolute Gasteiger partial charge is 0.494 e. The van der Waals surface area contributed by atoms with Gasteiger partial charge in [-0.3, -0.25) is 14.5 Å². The zero-order valence-corrected chi connectivity index (χ0v) is 18.1. The lowest BCUT2D eigenvalue weighted by Gasteiger charge is -2.10. The molecular weight excluding hydrogens is 433 g/mol. The smallest absolute Gasteiger partial charge is 0.242 e. The van der Waals surface area contributed by atoms with E-state index in [1.165, 1.54) is 16.7 Å². The summed E-state index contributed by atoms with van der Waals surface area (Å²) in [4.78, 5) is 30.8. The fraction of sp³-hybridized carbons (Fsp3) is 0.250. The summed E-state index contributed by atoms with van der Waals surface area (Å²) in [6.07, 6.45) is 0.0381. The van der Waals surface area contributed by atoms with Crippen LogP contribution in [0.4, 0.5) is 11.4 Å². The summed E-state index contributed by atoms with van der Waals surface area (Å²) in [6, 6.07) is 12.0. The maximum absolute atomic E-state index is 12.5. The third kappa shape index (κ3) is 5.65. The van der Waals surface area contributed by atoms with Crippen molar-refractivity contribution >= 4 is 63.3 Å². The fourth-order valence-corrected chi connectivity index (χ4v) is 4.36. The second kappa shape index (κ2) is 9.52. The SMILES string of the molecule is CCOc1ccc(NC(=O)C[C@@H]2SC(=Nc3cc(Cl)cc(Cl)c3)N(C)C2=O)cc1. The number of nitrogens with zero attached hydrogens (tertiary/aromatic N) is 2. The van der Waals surface area contributed by atoms with Gasteiger partial charge in [0.1, 0.15) is 11.0 Å². The van der Waals surface area contributed by atoms with Gasteiger partial charge in [0, 0.05) is 29.2 Å². The number of anilines is 1. The zero-order chi connectivity index (χ0) is 21.0. The normalized spacial score (nSPS) is 17.7. The van der Waals surface area contributed by atoms with Gasteiger partial charge in [-0.15, -0.1) is 0 Å². The van der Waals surface area contributed by atoms with Crippen molar-refractivity contribution in [3.63, 3.8) is 0 Å². The van der Waals surface area contributed by atoms with Crippen molar-refractivity contribution in [2.24, 2.45) is 4.99 Å². The maximum atomic E-state index is 12.5. The Morgan fingerprint density at radius 1 is 1.21 bits per heavy atom. The number of amidine groups is 1. The third-order valence-corrected chi connectivity index (χ3v) is 5.70. The number of hydrogen-bond donors (Lipinski definition) is 1. The lowest BCUT2D eigenvalue weighted by molar-refractivity contribution is -0.127. The number of carbonyl (C=O) groups is 2. The van der Waals surface area contributed by atoms with Crippen molar-refractivity contribution in [2.75, 3.05) is 19.0 Å². The van der Waals surface area contributed by atoms with Crippen molar-refractivity contribution in [3.8, 4) is 5.75 Å². The van der Waals surface area contributed by atoms with E-state index in [0.29, 0.717) is 33.2 Å². The van der Waals surface area contributed by atoms with Gasteiger partial charge in [0.05, 0.1) is 12.3 Å². The van der Waals surface area contributed by atoms with Crippen molar-refractivity contribution in [1.82, 2.24) is 4.90 Å². The average molecular weight is 452 g/mol. The Hall–Kier alpha value is -2.22. The first-order valence-electron chi connectivity index (χ1n) is 8.87. The van der Waals surface area contributed by atoms with E-state index in [-0.39, 0.29) is 18.2 Å². The van der Waals surface area contributed by atoms with Crippen LogP contribution in [0.15, 0.2) is 47.5 Å². The van der Waals surface area contributed by atoms with E-state index in [1.54, 1.807) is 49.5 Å². The van der Waals surface area contributed by atoms with Gasteiger partial charge in [0.2, 0.25) is 11.8 Å². The molecule has 9 heteroatoms. The second-order valence-electron chi connectivity index (χ2n) is 6.24. The summed E-state index contributed by atoms with van der Waals surface area (Å²) in [7, 11) is 1.63. The molecule has 6 nitrogen and oxygen atoms in total. The molecule has 1 N–H and O–H groups in total. The monoisotopic (exact) mass is 451 g/mol. The predicted molar refractivity (Wildman–Crippen MR) is 119 cm³/mol. The molecule has 29 heavy (non-hydrogen) atoms. The molecule has 1 fully saturated rings. The van der Waals surface area contributed by atoms with Crippen LogP contribution in [0.25, 0.3) is 0 Å². The lowest BCUT2D eigenvalue weighted by Crippen LogP contribution is -2.30. The predicted octanol–water partition coefficient (Wildman–Crippen LogP) is 4.98. The van der Waals surface area contributed by atoms with E-state index >= 15 is 0 Å². The Labute approximate surface area is 183 Å². The Morgan fingerprint density at radius 3 is 2.48 bits per heavy atom. The van der Waals surface area contributed by atoms with Gasteiger partial charge in [-0.2, -0.15) is 0 Å². The molecule has 2 aromatic rings. The van der Waals surface area contributed by atoms with E-state index in [2.05, 4.69) is 10.3 Å². The molecule has 1 saturated heterocycles. The zero-order valence-electron chi connectivity index (χ0n) is 15.8. The quantitative estimate of drug-likeness (QED) is 0.671. The Kier molecular flexibility index (Phi) is 7.05. The number of thioether (sulfide) groups is 1. The van der Waals surface area contributed by atoms with Crippen LogP contribution in [0.2, 0.25) is 10.0 Å².